The molecule has 0 aliphatic carbocycles. The van der Waals surface area contributed by atoms with Crippen LogP contribution in [0.3, 0.4) is 0 Å². The second-order valence-corrected chi connectivity index (χ2v) is 5.96. The smallest absolute Gasteiger partial charge is 0.306 e. The predicted molar refractivity (Wildman–Crippen MR) is 80.5 cm³/mol. The first-order chi connectivity index (χ1) is 9.75. The van der Waals surface area contributed by atoms with Crippen molar-refractivity contribution in [3.05, 3.63) is 35.4 Å². The molecule has 1 atom stereocenters. The highest BCUT2D eigenvalue weighted by Crippen LogP contribution is 2.25. The second-order valence-electron chi connectivity index (χ2n) is 5.96. The van der Waals surface area contributed by atoms with Crippen molar-refractivity contribution in [3.63, 3.8) is 0 Å². The Balaban J connectivity index is 2.79. The Morgan fingerprint density at radius 3 is 2.43 bits per heavy atom. The zero-order valence-electron chi connectivity index (χ0n) is 13.0. The van der Waals surface area contributed by atoms with Crippen molar-refractivity contribution in [2.24, 2.45) is 0 Å². The first kappa shape index (κ1) is 17.2. The fraction of sp³-hybridized carbons (Fsp3) is 0.500. The van der Waals surface area contributed by atoms with Crippen molar-refractivity contribution in [1.29, 1.82) is 0 Å². The first-order valence-electron chi connectivity index (χ1n) is 6.88. The Bertz CT molecular complexity index is 505. The summed E-state index contributed by atoms with van der Waals surface area (Å²) in [5, 5.41) is 11.5. The average molecular weight is 293 g/mol. The van der Waals surface area contributed by atoms with Gasteiger partial charge in [-0.05, 0) is 17.0 Å². The Morgan fingerprint density at radius 2 is 1.90 bits per heavy atom. The quantitative estimate of drug-likeness (QED) is 0.843. The molecule has 5 nitrogen and oxygen atoms in total. The van der Waals surface area contributed by atoms with Crippen LogP contribution in [0.2, 0.25) is 0 Å². The minimum absolute atomic E-state index is 0.141. The molecular formula is C16H23NO4. The van der Waals surface area contributed by atoms with Gasteiger partial charge in [0, 0.05) is 19.2 Å². The summed E-state index contributed by atoms with van der Waals surface area (Å²) in [6.45, 7) is 6.30. The lowest BCUT2D eigenvalue weighted by atomic mass is 9.83. The van der Waals surface area contributed by atoms with Crippen LogP contribution in [0.5, 0.6) is 0 Å². The van der Waals surface area contributed by atoms with E-state index in [4.69, 9.17) is 9.84 Å². The van der Waals surface area contributed by atoms with Gasteiger partial charge in [0.25, 0.3) is 5.91 Å². The van der Waals surface area contributed by atoms with Gasteiger partial charge >= 0.3 is 5.97 Å². The summed E-state index contributed by atoms with van der Waals surface area (Å²) in [6.07, 6.45) is -0.675. The molecule has 0 saturated carbocycles. The van der Waals surface area contributed by atoms with E-state index in [-0.39, 0.29) is 24.3 Å². The highest BCUT2D eigenvalue weighted by atomic mass is 16.5. The van der Waals surface area contributed by atoms with Crippen LogP contribution < -0.4 is 5.32 Å². The number of hydrogen-bond acceptors (Lipinski definition) is 3. The van der Waals surface area contributed by atoms with Crippen LogP contribution in [0.25, 0.3) is 0 Å². The number of carboxylic acid groups (broad SMARTS) is 1. The molecule has 0 heterocycles. The number of hydrogen-bond donors (Lipinski definition) is 2. The first-order valence-corrected chi connectivity index (χ1v) is 6.88. The Kier molecular flexibility index (Phi) is 5.90. The van der Waals surface area contributed by atoms with E-state index in [0.29, 0.717) is 5.56 Å². The predicted octanol–water partition coefficient (Wildman–Crippen LogP) is 2.20. The molecule has 1 amide bonds. The fourth-order valence-electron chi connectivity index (χ4n) is 2.07. The third-order valence-electron chi connectivity index (χ3n) is 3.21. The lowest BCUT2D eigenvalue weighted by Gasteiger charge is -2.23. The summed E-state index contributed by atoms with van der Waals surface area (Å²) in [6, 6.07) is 7.42. The van der Waals surface area contributed by atoms with Gasteiger partial charge in [-0.1, -0.05) is 39.0 Å². The molecule has 116 valence electrons. The minimum atomic E-state index is -0.953. The van der Waals surface area contributed by atoms with Crippen LogP contribution in [0.1, 0.15) is 43.1 Å². The molecule has 5 heteroatoms. The molecule has 0 aromatic heterocycles. The molecule has 1 aromatic carbocycles. The maximum absolute atomic E-state index is 12.3. The van der Waals surface area contributed by atoms with E-state index in [1.807, 2.05) is 39.0 Å². The van der Waals surface area contributed by atoms with Crippen LogP contribution in [0.15, 0.2) is 24.3 Å². The summed E-state index contributed by atoms with van der Waals surface area (Å²) < 4.78 is 5.05. The van der Waals surface area contributed by atoms with Crippen LogP contribution >= 0.6 is 0 Å². The highest BCUT2D eigenvalue weighted by molar-refractivity contribution is 5.96. The normalized spacial score (nSPS) is 12.8. The second kappa shape index (κ2) is 7.22. The maximum Gasteiger partial charge on any atom is 0.306 e. The minimum Gasteiger partial charge on any atom is -0.481 e. The van der Waals surface area contributed by atoms with Crippen LogP contribution in [0, 0.1) is 0 Å². The van der Waals surface area contributed by atoms with E-state index < -0.39 is 12.1 Å². The van der Waals surface area contributed by atoms with Gasteiger partial charge in [0.05, 0.1) is 12.5 Å². The number of ether oxygens (including phenoxy) is 1. The number of nitrogens with one attached hydrogen (secondary N) is 1. The van der Waals surface area contributed by atoms with Crippen molar-refractivity contribution in [1.82, 2.24) is 5.32 Å². The molecule has 1 unspecified atom stereocenters. The van der Waals surface area contributed by atoms with E-state index >= 15 is 0 Å². The molecule has 0 saturated heterocycles. The van der Waals surface area contributed by atoms with Gasteiger partial charge in [0.2, 0.25) is 0 Å². The summed E-state index contributed by atoms with van der Waals surface area (Å²) in [5.41, 5.74) is 1.42. The molecule has 0 spiro atoms. The molecule has 0 radical (unpaired) electrons. The van der Waals surface area contributed by atoms with E-state index in [1.54, 1.807) is 6.07 Å². The Morgan fingerprint density at radius 1 is 1.29 bits per heavy atom. The lowest BCUT2D eigenvalue weighted by Crippen LogP contribution is -2.35. The van der Waals surface area contributed by atoms with Crippen molar-refractivity contribution in [3.8, 4) is 0 Å². The summed E-state index contributed by atoms with van der Waals surface area (Å²) in [4.78, 5) is 23.0. The van der Waals surface area contributed by atoms with Crippen LogP contribution in [-0.4, -0.2) is 36.7 Å². The van der Waals surface area contributed by atoms with Crippen molar-refractivity contribution >= 4 is 11.9 Å². The number of rotatable bonds is 6. The standard InChI is InChI=1S/C16H23NO4/c1-16(2,3)13-8-6-5-7-12(13)15(20)17-10-11(21-4)9-14(18)19/h5-8,11H,9-10H2,1-4H3,(H,17,20)(H,18,19). The van der Waals surface area contributed by atoms with Crippen molar-refractivity contribution < 1.29 is 19.4 Å². The molecule has 2 N–H and O–H groups in total. The summed E-state index contributed by atoms with van der Waals surface area (Å²) >= 11 is 0. The van der Waals surface area contributed by atoms with E-state index in [2.05, 4.69) is 5.32 Å². The van der Waals surface area contributed by atoms with Crippen LogP contribution in [0.4, 0.5) is 0 Å². The van der Waals surface area contributed by atoms with Gasteiger partial charge in [0.15, 0.2) is 0 Å². The number of benzene rings is 1. The van der Waals surface area contributed by atoms with E-state index in [0.717, 1.165) is 5.56 Å². The molecule has 0 bridgehead atoms. The maximum atomic E-state index is 12.3. The molecule has 1 aromatic rings. The molecule has 1 rings (SSSR count). The highest BCUT2D eigenvalue weighted by Gasteiger charge is 2.22. The van der Waals surface area contributed by atoms with E-state index in [1.165, 1.54) is 7.11 Å². The van der Waals surface area contributed by atoms with E-state index in [9.17, 15) is 9.59 Å². The zero-order valence-corrected chi connectivity index (χ0v) is 13.0. The van der Waals surface area contributed by atoms with Crippen molar-refractivity contribution in [2.45, 2.75) is 38.7 Å². The van der Waals surface area contributed by atoms with Gasteiger partial charge in [-0.25, -0.2) is 0 Å². The number of carbonyl (C=O) groups is 2. The monoisotopic (exact) mass is 293 g/mol. The van der Waals surface area contributed by atoms with Gasteiger partial charge in [0.1, 0.15) is 0 Å². The Hall–Kier alpha value is -1.88. The molecule has 0 fully saturated rings. The van der Waals surface area contributed by atoms with Gasteiger partial charge in [-0.3, -0.25) is 9.59 Å². The number of carbonyl (C=O) groups excluding carboxylic acids is 1. The third-order valence-corrected chi connectivity index (χ3v) is 3.21. The van der Waals surface area contributed by atoms with Gasteiger partial charge in [-0.15, -0.1) is 0 Å². The number of amides is 1. The lowest BCUT2D eigenvalue weighted by molar-refractivity contribution is -0.139. The van der Waals surface area contributed by atoms with Gasteiger partial charge in [-0.2, -0.15) is 0 Å². The SMILES string of the molecule is COC(CNC(=O)c1ccccc1C(C)(C)C)CC(=O)O. The summed E-state index contributed by atoms with van der Waals surface area (Å²) in [7, 11) is 1.43. The van der Waals surface area contributed by atoms with Gasteiger partial charge < -0.3 is 15.2 Å². The van der Waals surface area contributed by atoms with Crippen LogP contribution in [-0.2, 0) is 14.9 Å². The average Bonchev–Trinajstić information content (AvgIpc) is 2.41. The summed E-state index contributed by atoms with van der Waals surface area (Å²) in [5.74, 6) is -1.17. The third kappa shape index (κ3) is 5.19. The largest absolute Gasteiger partial charge is 0.481 e. The number of carboxylic acids is 1. The zero-order chi connectivity index (χ0) is 16.0. The fourth-order valence-corrected chi connectivity index (χ4v) is 2.07. The molecular weight excluding hydrogens is 270 g/mol. The topological polar surface area (TPSA) is 75.6 Å². The molecule has 0 aliphatic rings. The number of aliphatic carboxylic acids is 1. The molecule has 21 heavy (non-hydrogen) atoms. The number of methoxy groups -OCH3 is 1. The van der Waals surface area contributed by atoms with Crippen molar-refractivity contribution in [2.75, 3.05) is 13.7 Å². The Labute approximate surface area is 125 Å². The molecule has 0 aliphatic heterocycles.